The smallest absolute Gasteiger partial charge is 0.446 e. The first-order valence-corrected chi connectivity index (χ1v) is 40.5. The van der Waals surface area contributed by atoms with Gasteiger partial charge in [0, 0.05) is 81.7 Å². The lowest BCUT2D eigenvalue weighted by atomic mass is 10.2. The van der Waals surface area contributed by atoms with Crippen molar-refractivity contribution >= 4 is 86.3 Å². The number of anilines is 6. The number of hydrogen-bond donors (Lipinski definition) is 6. The summed E-state index contributed by atoms with van der Waals surface area (Å²) < 4.78 is 62.5. The largest absolute Gasteiger partial charge is 0.456 e. The van der Waals surface area contributed by atoms with Gasteiger partial charge < -0.3 is 56.6 Å². The third kappa shape index (κ3) is 22.7. The van der Waals surface area contributed by atoms with Crippen molar-refractivity contribution in [2.75, 3.05) is 80.6 Å². The summed E-state index contributed by atoms with van der Waals surface area (Å²) in [6, 6.07) is 56.9. The highest BCUT2D eigenvalue weighted by molar-refractivity contribution is 6.01. The summed E-state index contributed by atoms with van der Waals surface area (Å²) in [6.07, 6.45) is 14.2. The fourth-order valence-corrected chi connectivity index (χ4v) is 13.1. The molecule has 2 aliphatic rings. The number of likely N-dealkylation sites (N-methyl/N-ethyl adjacent to an activating group) is 3. The van der Waals surface area contributed by atoms with Crippen molar-refractivity contribution in [2.45, 2.75) is 76.6 Å². The van der Waals surface area contributed by atoms with Crippen molar-refractivity contribution in [1.82, 2.24) is 87.0 Å². The van der Waals surface area contributed by atoms with E-state index < -0.39 is 41.8 Å². The Hall–Kier alpha value is -16.1. The van der Waals surface area contributed by atoms with E-state index in [1.54, 1.807) is 144 Å². The Morgan fingerprint density at radius 1 is 0.485 bits per heavy atom. The molecule has 2 amide bonds. The standard InChI is InChI=1S/C31H30N8O3.C28H27N7O4.C22H18N8O2.C8H15NO2.C2HF3O/c1-36(21-13-14-21)17-7-12-27(40)37(2)22-8-6-9-23(18-22)38-30-28(29(32)34-20-35-30)39(31(38)41)26-16-15-25(19-33-26)42-24-10-4-3-5-11-24;1-28(2,3)39-27(37)33(4)18-9-8-10-19(15-18)34-25-23(24(29)31-17-32-25)35(26(34)36)22-14-13-21(16-30-22)38-20-11-6-5-7-12-20;1-24-14-5-4-6-15(11-14)29-21-19(20(23)27-13-28-21)30(22(29)31)17-9-8-16(12-26-17)32-18-7-2-3-10-25-18;1-9(7-4-5-7)6-2-3-8(10)11;3-2(4,5)1-6/h3-12,15-16,18-21H,13-14,17H2,1-2H3,(H2,32,34,35);5-17H,1-4H3,(H2,29,31,32);2-13,24H,1H3,(H2,23,27,28);2-3,7-8,10-11H,4-6H2,1H3;1H/b12-7+;;;3-2+;. The van der Waals surface area contributed by atoms with E-state index in [2.05, 4.69) is 72.0 Å². The lowest BCUT2D eigenvalue weighted by molar-refractivity contribution is -0.156. The van der Waals surface area contributed by atoms with Crippen molar-refractivity contribution in [3.8, 4) is 69.1 Å². The number of nitrogen functional groups attached to an aromatic ring is 3. The molecule has 0 aliphatic heterocycles. The normalized spacial score (nSPS) is 12.5. The molecular weight excluding hydrogens is 1680 g/mol. The minimum Gasteiger partial charge on any atom is -0.456 e. The molecule has 0 bridgehead atoms. The van der Waals surface area contributed by atoms with Crippen LogP contribution in [-0.2, 0) is 14.3 Å². The van der Waals surface area contributed by atoms with Gasteiger partial charge in [0.1, 0.15) is 87.3 Å². The van der Waals surface area contributed by atoms with E-state index in [0.717, 1.165) is 18.3 Å². The summed E-state index contributed by atoms with van der Waals surface area (Å²) >= 11 is 0. The van der Waals surface area contributed by atoms with Gasteiger partial charge in [0.05, 0.1) is 35.7 Å². The average Bonchev–Trinajstić information content (AvgIpc) is 1.60. The average molecular weight is 1770 g/mol. The maximum Gasteiger partial charge on any atom is 0.446 e. The van der Waals surface area contributed by atoms with Crippen LogP contribution in [0.3, 0.4) is 0 Å². The Labute approximate surface area is 740 Å². The van der Waals surface area contributed by atoms with Crippen molar-refractivity contribution in [3.05, 3.63) is 288 Å². The van der Waals surface area contributed by atoms with Gasteiger partial charge in [-0.2, -0.15) is 13.2 Å². The number of benzene rings is 5. The molecule has 2 fully saturated rings. The maximum absolute atomic E-state index is 13.9. The zero-order chi connectivity index (χ0) is 92.5. The highest BCUT2D eigenvalue weighted by Crippen LogP contribution is 2.33. The Morgan fingerprint density at radius 3 is 1.26 bits per heavy atom. The number of nitrogens with zero attached hydrogens (tertiary/aromatic N) is 20. The number of ether oxygens (including phenoxy) is 4. The quantitative estimate of drug-likeness (QED) is 0.0150. The molecule has 10 aromatic heterocycles. The maximum atomic E-state index is 13.9. The number of pyridine rings is 4. The van der Waals surface area contributed by atoms with Crippen molar-refractivity contribution in [2.24, 2.45) is 0 Å². The molecule has 0 spiro atoms. The number of para-hydroxylation sites is 2. The van der Waals surface area contributed by atoms with Crippen molar-refractivity contribution in [1.29, 1.82) is 0 Å². The molecule has 5 aromatic carbocycles. The minimum absolute atomic E-state index is 0.115. The number of carbonyl (C=O) groups excluding carboxylic acids is 3. The van der Waals surface area contributed by atoms with Crippen LogP contribution in [0.15, 0.2) is 271 Å². The number of aliphatic hydroxyl groups excluding tert-OH is 1. The number of hydrogen-bond acceptors (Lipinski definition) is 28. The predicted molar refractivity (Wildman–Crippen MR) is 485 cm³/mol. The number of fused-ring (bicyclic) bond motifs is 3. The van der Waals surface area contributed by atoms with Gasteiger partial charge in [-0.3, -0.25) is 24.3 Å². The monoisotopic (exact) mass is 1770 g/mol. The second kappa shape index (κ2) is 40.9. The van der Waals surface area contributed by atoms with E-state index in [4.69, 9.17) is 51.2 Å². The lowest BCUT2D eigenvalue weighted by Crippen LogP contribution is -2.34. The number of aromatic nitrogens is 16. The molecule has 15 aromatic rings. The van der Waals surface area contributed by atoms with Crippen molar-refractivity contribution < 1.29 is 56.7 Å². The fourth-order valence-electron chi connectivity index (χ4n) is 13.1. The number of carbonyl (C=O) groups is 3. The van der Waals surface area contributed by atoms with Gasteiger partial charge >= 0.3 is 29.3 Å². The van der Waals surface area contributed by atoms with E-state index in [0.29, 0.717) is 121 Å². The SMILES string of the molecule is CN(C(=O)/C=C/CN(C)C1CC1)c1cccc(-n2c(=O)n(-c3ccc(Oc4ccccc4)cn3)c3c(N)ncnc32)c1.CN(C(=O)OC(C)(C)C)c1cccc(-n2c(=O)n(-c3ccc(Oc4ccccc4)cn3)c3c(N)ncnc32)c1.CN(C/C=C/C(O)O)C1CC1.CNc1cccc(-n2c(=O)n(-c3ccc(Oc4ccccn4)cn3)c3c(N)ncnc32)c1.O=CC(F)(F)F. The summed E-state index contributed by atoms with van der Waals surface area (Å²) in [5, 5.41) is 20.0. The molecule has 2 saturated carbocycles. The van der Waals surface area contributed by atoms with Crippen LogP contribution in [0.5, 0.6) is 34.6 Å². The van der Waals surface area contributed by atoms with Gasteiger partial charge in [0.25, 0.3) is 0 Å². The molecular formula is C91H91F3N24O12. The molecule has 0 saturated heterocycles. The van der Waals surface area contributed by atoms with Crippen LogP contribution < -0.4 is 63.6 Å². The second-order valence-corrected chi connectivity index (χ2v) is 30.3. The molecule has 9 N–H and O–H groups in total. The number of nitrogens with two attached hydrogens (primary N) is 3. The fraction of sp³-hybridized carbons (Fsp3) is 0.209. The minimum atomic E-state index is -4.64. The second-order valence-electron chi connectivity index (χ2n) is 30.3. The van der Waals surface area contributed by atoms with Crippen LogP contribution in [-0.4, -0.2) is 194 Å². The number of alkyl halides is 3. The number of nitrogens with one attached hydrogen (secondary N) is 1. The van der Waals surface area contributed by atoms with Gasteiger partial charge in [0.15, 0.2) is 40.7 Å². The van der Waals surface area contributed by atoms with Crippen LogP contribution in [0.4, 0.5) is 52.5 Å². The zero-order valence-electron chi connectivity index (χ0n) is 71.6. The third-order valence-corrected chi connectivity index (χ3v) is 19.8. The predicted octanol–water partition coefficient (Wildman–Crippen LogP) is 12.1. The lowest BCUT2D eigenvalue weighted by Gasteiger charge is -2.25. The van der Waals surface area contributed by atoms with E-state index in [1.165, 1.54) is 107 Å². The van der Waals surface area contributed by atoms with Crippen molar-refractivity contribution in [3.63, 3.8) is 0 Å². The summed E-state index contributed by atoms with van der Waals surface area (Å²) in [5.41, 5.74) is 22.3. The molecule has 10 heterocycles. The molecule has 36 nitrogen and oxygen atoms in total. The zero-order valence-corrected chi connectivity index (χ0v) is 71.6. The molecule has 668 valence electrons. The van der Waals surface area contributed by atoms with Crippen LogP contribution in [0.25, 0.3) is 68.0 Å². The summed E-state index contributed by atoms with van der Waals surface area (Å²) in [7, 11) is 9.22. The molecule has 39 heteroatoms. The van der Waals surface area contributed by atoms with Crippen LogP contribution in [0.2, 0.25) is 0 Å². The van der Waals surface area contributed by atoms with Crippen LogP contribution in [0.1, 0.15) is 46.5 Å². The topological polar surface area (TPSA) is 441 Å². The molecule has 130 heavy (non-hydrogen) atoms. The molecule has 0 radical (unpaired) electrons. The highest BCUT2D eigenvalue weighted by Gasteiger charge is 2.30. The van der Waals surface area contributed by atoms with Crippen LogP contribution >= 0.6 is 0 Å². The molecule has 2 aliphatic carbocycles. The van der Waals surface area contributed by atoms with Gasteiger partial charge in [-0.05, 0) is 188 Å². The highest BCUT2D eigenvalue weighted by atomic mass is 19.4. The van der Waals surface area contributed by atoms with Gasteiger partial charge in [-0.1, -0.05) is 72.8 Å². The summed E-state index contributed by atoms with van der Waals surface area (Å²) in [5.74, 6) is 4.53. The van der Waals surface area contributed by atoms with E-state index in [-0.39, 0.29) is 34.7 Å². The Morgan fingerprint density at radius 2 is 0.885 bits per heavy atom. The first kappa shape index (κ1) is 91.6. The van der Waals surface area contributed by atoms with E-state index in [9.17, 15) is 37.1 Å². The number of aliphatic hydroxyl groups is 2. The number of imidazole rings is 3. The summed E-state index contributed by atoms with van der Waals surface area (Å²) in [4.78, 5) is 126. The van der Waals surface area contributed by atoms with E-state index >= 15 is 0 Å². The molecule has 17 rings (SSSR count). The molecule has 0 unspecified atom stereocenters. The number of rotatable bonds is 23. The first-order chi connectivity index (χ1) is 62.4. The van der Waals surface area contributed by atoms with Gasteiger partial charge in [0.2, 0.25) is 18.1 Å². The Kier molecular flexibility index (Phi) is 28.8. The number of aldehydes is 1. The number of amides is 2. The Bertz CT molecular complexity index is 6720. The van der Waals surface area contributed by atoms with E-state index in [1.807, 2.05) is 117 Å². The Balaban J connectivity index is 0.000000153. The van der Waals surface area contributed by atoms with Crippen LogP contribution in [0, 0.1) is 0 Å². The summed E-state index contributed by atoms with van der Waals surface area (Å²) in [6.45, 7) is 6.90. The van der Waals surface area contributed by atoms with Gasteiger partial charge in [-0.25, -0.2) is 96.4 Å². The molecule has 0 atom stereocenters. The number of halogens is 3. The first-order valence-electron chi connectivity index (χ1n) is 40.5. The third-order valence-electron chi connectivity index (χ3n) is 19.8. The van der Waals surface area contributed by atoms with Gasteiger partial charge in [-0.15, -0.1) is 0 Å².